The number of aromatic nitrogens is 1. The molecule has 148 valence electrons. The molecule has 0 saturated heterocycles. The van der Waals surface area contributed by atoms with Crippen LogP contribution in [0.2, 0.25) is 0 Å². The maximum absolute atomic E-state index is 12.8. The minimum Gasteiger partial charge on any atom is -0.508 e. The van der Waals surface area contributed by atoms with Crippen molar-refractivity contribution in [2.45, 2.75) is 0 Å². The number of amides is 1. The molecule has 4 aromatic rings. The molecule has 0 aliphatic heterocycles. The van der Waals surface area contributed by atoms with Crippen LogP contribution in [-0.2, 0) is 0 Å². The highest BCUT2D eigenvalue weighted by molar-refractivity contribution is 6.10. The molecule has 0 aliphatic rings. The van der Waals surface area contributed by atoms with Crippen LogP contribution in [0.3, 0.4) is 0 Å². The van der Waals surface area contributed by atoms with Gasteiger partial charge in [0, 0.05) is 28.6 Å². The molecular formula is C22H16N4O4. The standard InChI is InChI=1S/C22H16N4O4/c27-17-8-4-5-14(11-17)13-23-25-22(28)21-20(15-6-2-1-3-7-15)18-12-16(26(29)30)9-10-19(18)24-21/h1-13,24,27H,(H,25,28)/b23-13-. The Labute approximate surface area is 170 Å². The number of hydrogen-bond donors (Lipinski definition) is 3. The van der Waals surface area contributed by atoms with Gasteiger partial charge in [-0.25, -0.2) is 5.43 Å². The highest BCUT2D eigenvalue weighted by Gasteiger charge is 2.21. The summed E-state index contributed by atoms with van der Waals surface area (Å²) in [5.41, 5.74) is 5.15. The minimum absolute atomic E-state index is 0.0625. The topological polar surface area (TPSA) is 121 Å². The number of nitrogens with zero attached hydrogens (tertiary/aromatic N) is 2. The van der Waals surface area contributed by atoms with E-state index in [2.05, 4.69) is 15.5 Å². The molecule has 0 fully saturated rings. The number of carbonyl (C=O) groups excluding carboxylic acids is 1. The number of hydrazone groups is 1. The molecule has 0 spiro atoms. The second kappa shape index (κ2) is 7.88. The third kappa shape index (κ3) is 3.74. The zero-order chi connectivity index (χ0) is 21.1. The van der Waals surface area contributed by atoms with E-state index in [1.54, 1.807) is 18.2 Å². The fourth-order valence-electron chi connectivity index (χ4n) is 3.19. The van der Waals surface area contributed by atoms with E-state index >= 15 is 0 Å². The maximum Gasteiger partial charge on any atom is 0.288 e. The van der Waals surface area contributed by atoms with Gasteiger partial charge in [0.05, 0.1) is 11.1 Å². The van der Waals surface area contributed by atoms with Crippen LogP contribution in [0.15, 0.2) is 77.9 Å². The molecule has 0 aliphatic carbocycles. The fraction of sp³-hybridized carbons (Fsp3) is 0. The van der Waals surface area contributed by atoms with Crippen molar-refractivity contribution >= 4 is 28.7 Å². The van der Waals surface area contributed by atoms with Gasteiger partial charge in [-0.3, -0.25) is 14.9 Å². The first kappa shape index (κ1) is 18.9. The third-order valence-electron chi connectivity index (χ3n) is 4.53. The smallest absolute Gasteiger partial charge is 0.288 e. The first-order chi connectivity index (χ1) is 14.5. The molecular weight excluding hydrogens is 384 g/mol. The number of nitro benzene ring substituents is 1. The van der Waals surface area contributed by atoms with E-state index in [0.717, 1.165) is 5.56 Å². The molecule has 1 heterocycles. The fourth-order valence-corrected chi connectivity index (χ4v) is 3.19. The van der Waals surface area contributed by atoms with Gasteiger partial charge in [-0.05, 0) is 29.3 Å². The third-order valence-corrected chi connectivity index (χ3v) is 4.53. The van der Waals surface area contributed by atoms with E-state index in [1.165, 1.54) is 30.5 Å². The van der Waals surface area contributed by atoms with E-state index in [9.17, 15) is 20.0 Å². The number of phenols is 1. The summed E-state index contributed by atoms with van der Waals surface area (Å²) in [5.74, 6) is -0.405. The van der Waals surface area contributed by atoms with Crippen molar-refractivity contribution in [3.8, 4) is 16.9 Å². The van der Waals surface area contributed by atoms with Crippen LogP contribution in [0, 0.1) is 10.1 Å². The van der Waals surface area contributed by atoms with Crippen LogP contribution in [0.5, 0.6) is 5.75 Å². The van der Waals surface area contributed by atoms with Gasteiger partial charge in [-0.15, -0.1) is 0 Å². The quantitative estimate of drug-likeness (QED) is 0.264. The highest BCUT2D eigenvalue weighted by atomic mass is 16.6. The van der Waals surface area contributed by atoms with Gasteiger partial charge in [0.25, 0.3) is 11.6 Å². The van der Waals surface area contributed by atoms with Crippen molar-refractivity contribution in [1.29, 1.82) is 0 Å². The Morgan fingerprint density at radius 3 is 2.60 bits per heavy atom. The number of carbonyl (C=O) groups is 1. The van der Waals surface area contributed by atoms with Crippen LogP contribution >= 0.6 is 0 Å². The zero-order valence-corrected chi connectivity index (χ0v) is 15.6. The summed E-state index contributed by atoms with van der Waals surface area (Å²) in [6, 6.07) is 20.0. The Bertz CT molecular complexity index is 1280. The van der Waals surface area contributed by atoms with Gasteiger partial charge in [0.2, 0.25) is 0 Å². The van der Waals surface area contributed by atoms with Crippen LogP contribution < -0.4 is 5.43 Å². The Kier molecular flexibility index (Phi) is 4.96. The van der Waals surface area contributed by atoms with Crippen molar-refractivity contribution in [3.05, 3.63) is 94.2 Å². The van der Waals surface area contributed by atoms with Gasteiger partial charge < -0.3 is 10.1 Å². The van der Waals surface area contributed by atoms with Gasteiger partial charge >= 0.3 is 0 Å². The first-order valence-electron chi connectivity index (χ1n) is 9.01. The van der Waals surface area contributed by atoms with Crippen molar-refractivity contribution < 1.29 is 14.8 Å². The van der Waals surface area contributed by atoms with E-state index < -0.39 is 10.8 Å². The molecule has 0 saturated carbocycles. The zero-order valence-electron chi connectivity index (χ0n) is 15.6. The number of phenolic OH excluding ortho intramolecular Hbond substituents is 1. The monoisotopic (exact) mass is 400 g/mol. The average Bonchev–Trinajstić information content (AvgIpc) is 3.13. The van der Waals surface area contributed by atoms with E-state index in [4.69, 9.17) is 0 Å². The number of nitrogens with one attached hydrogen (secondary N) is 2. The number of fused-ring (bicyclic) bond motifs is 1. The Hall–Kier alpha value is -4.46. The summed E-state index contributed by atoms with van der Waals surface area (Å²) < 4.78 is 0. The van der Waals surface area contributed by atoms with Crippen LogP contribution in [0.25, 0.3) is 22.0 Å². The molecule has 3 N–H and O–H groups in total. The summed E-state index contributed by atoms with van der Waals surface area (Å²) in [4.78, 5) is 26.6. The molecule has 0 radical (unpaired) electrons. The van der Waals surface area contributed by atoms with Crippen LogP contribution in [0.1, 0.15) is 16.1 Å². The average molecular weight is 400 g/mol. The predicted octanol–water partition coefficient (Wildman–Crippen LogP) is 4.21. The Morgan fingerprint density at radius 1 is 1.07 bits per heavy atom. The summed E-state index contributed by atoms with van der Waals surface area (Å²) in [6.45, 7) is 0. The maximum atomic E-state index is 12.8. The lowest BCUT2D eigenvalue weighted by molar-refractivity contribution is -0.384. The van der Waals surface area contributed by atoms with Gasteiger partial charge in [-0.1, -0.05) is 42.5 Å². The number of nitro groups is 1. The van der Waals surface area contributed by atoms with E-state index in [1.807, 2.05) is 30.3 Å². The summed E-state index contributed by atoms with van der Waals surface area (Å²) in [6.07, 6.45) is 1.41. The Balaban J connectivity index is 1.74. The molecule has 30 heavy (non-hydrogen) atoms. The minimum atomic E-state index is -0.496. The number of H-pyrrole nitrogens is 1. The molecule has 0 bridgehead atoms. The normalized spacial score (nSPS) is 11.1. The predicted molar refractivity (Wildman–Crippen MR) is 114 cm³/mol. The number of non-ortho nitro benzene ring substituents is 1. The first-order valence-corrected chi connectivity index (χ1v) is 9.01. The van der Waals surface area contributed by atoms with Crippen molar-refractivity contribution in [2.24, 2.45) is 5.10 Å². The molecule has 0 atom stereocenters. The Morgan fingerprint density at radius 2 is 1.87 bits per heavy atom. The summed E-state index contributed by atoms with van der Waals surface area (Å²) in [7, 11) is 0. The van der Waals surface area contributed by atoms with Crippen LogP contribution in [-0.4, -0.2) is 27.1 Å². The van der Waals surface area contributed by atoms with Crippen molar-refractivity contribution in [3.63, 3.8) is 0 Å². The molecule has 8 heteroatoms. The number of benzene rings is 3. The van der Waals surface area contributed by atoms with Crippen LogP contribution in [0.4, 0.5) is 5.69 Å². The molecule has 3 aromatic carbocycles. The van der Waals surface area contributed by atoms with Gasteiger partial charge in [-0.2, -0.15) is 5.10 Å². The van der Waals surface area contributed by atoms with Gasteiger partial charge in [0.15, 0.2) is 0 Å². The molecule has 8 nitrogen and oxygen atoms in total. The number of rotatable bonds is 5. The summed E-state index contributed by atoms with van der Waals surface area (Å²) in [5, 5.41) is 25.2. The van der Waals surface area contributed by atoms with Crippen molar-refractivity contribution in [2.75, 3.05) is 0 Å². The summed E-state index contributed by atoms with van der Waals surface area (Å²) >= 11 is 0. The second-order valence-electron chi connectivity index (χ2n) is 6.52. The molecule has 4 rings (SSSR count). The van der Waals surface area contributed by atoms with E-state index in [-0.39, 0.29) is 17.1 Å². The highest BCUT2D eigenvalue weighted by Crippen LogP contribution is 2.34. The lowest BCUT2D eigenvalue weighted by Crippen LogP contribution is -2.18. The molecule has 1 amide bonds. The number of aromatic amines is 1. The van der Waals surface area contributed by atoms with Crippen molar-refractivity contribution in [1.82, 2.24) is 10.4 Å². The number of hydrogen-bond acceptors (Lipinski definition) is 5. The SMILES string of the molecule is O=C(N/N=C\c1cccc(O)c1)c1[nH]c2ccc([N+](=O)[O-])cc2c1-c1ccccc1. The molecule has 1 aromatic heterocycles. The largest absolute Gasteiger partial charge is 0.508 e. The number of aromatic hydroxyl groups is 1. The second-order valence-corrected chi connectivity index (χ2v) is 6.52. The van der Waals surface area contributed by atoms with E-state index in [0.29, 0.717) is 22.0 Å². The lowest BCUT2D eigenvalue weighted by Gasteiger charge is -2.04. The lowest BCUT2D eigenvalue weighted by atomic mass is 10.0. The molecule has 0 unspecified atom stereocenters. The van der Waals surface area contributed by atoms with Gasteiger partial charge in [0.1, 0.15) is 11.4 Å².